The third-order valence-corrected chi connectivity index (χ3v) is 3.53. The van der Waals surface area contributed by atoms with Crippen LogP contribution in [0.4, 0.5) is 9.18 Å². The van der Waals surface area contributed by atoms with Crippen LogP contribution < -0.4 is 0 Å². The smallest absolute Gasteiger partial charge is 0.407 e. The minimum Gasteiger partial charge on any atom is -0.465 e. The SMILES string of the molecule is O=C(O)N1CCc2cc(CF)c(Br)cc2C1. The predicted octanol–water partition coefficient (Wildman–Crippen LogP) is 2.95. The quantitative estimate of drug-likeness (QED) is 0.863. The molecule has 0 aliphatic carbocycles. The Kier molecular flexibility index (Phi) is 3.14. The maximum atomic E-state index is 12.6. The van der Waals surface area contributed by atoms with Crippen molar-refractivity contribution < 1.29 is 14.3 Å². The van der Waals surface area contributed by atoms with E-state index in [2.05, 4.69) is 15.9 Å². The van der Waals surface area contributed by atoms with E-state index in [4.69, 9.17) is 5.11 Å². The van der Waals surface area contributed by atoms with Gasteiger partial charge in [0.2, 0.25) is 0 Å². The third-order valence-electron chi connectivity index (χ3n) is 2.80. The predicted molar refractivity (Wildman–Crippen MR) is 61.1 cm³/mol. The highest BCUT2D eigenvalue weighted by atomic mass is 79.9. The molecule has 16 heavy (non-hydrogen) atoms. The van der Waals surface area contributed by atoms with E-state index in [9.17, 15) is 9.18 Å². The maximum Gasteiger partial charge on any atom is 0.407 e. The molecule has 1 aromatic rings. The summed E-state index contributed by atoms with van der Waals surface area (Å²) in [6.45, 7) is 0.363. The molecular weight excluding hydrogens is 277 g/mol. The van der Waals surface area contributed by atoms with Gasteiger partial charge in [0.15, 0.2) is 0 Å². The Labute approximate surface area is 101 Å². The van der Waals surface area contributed by atoms with Crippen molar-refractivity contribution in [3.63, 3.8) is 0 Å². The number of nitrogens with zero attached hydrogens (tertiary/aromatic N) is 1. The number of rotatable bonds is 1. The first-order chi connectivity index (χ1) is 7.61. The molecule has 0 atom stereocenters. The van der Waals surface area contributed by atoms with Crippen LogP contribution in [0.3, 0.4) is 0 Å². The number of benzene rings is 1. The van der Waals surface area contributed by atoms with Gasteiger partial charge < -0.3 is 10.0 Å². The van der Waals surface area contributed by atoms with Crippen molar-refractivity contribution in [3.05, 3.63) is 33.3 Å². The number of hydrogen-bond donors (Lipinski definition) is 1. The zero-order valence-corrected chi connectivity index (χ0v) is 10.1. The molecule has 1 N–H and O–H groups in total. The summed E-state index contributed by atoms with van der Waals surface area (Å²) in [5, 5.41) is 8.89. The molecule has 1 amide bonds. The number of carboxylic acid groups (broad SMARTS) is 1. The minimum absolute atomic E-state index is 0.385. The number of carbonyl (C=O) groups is 1. The molecule has 1 aliphatic heterocycles. The summed E-state index contributed by atoms with van der Waals surface area (Å²) in [6.07, 6.45) is -0.251. The Morgan fingerprint density at radius 1 is 1.50 bits per heavy atom. The molecule has 0 bridgehead atoms. The van der Waals surface area contributed by atoms with Gasteiger partial charge in [-0.2, -0.15) is 0 Å². The Bertz CT molecular complexity index is 436. The molecule has 0 spiro atoms. The molecule has 0 fully saturated rings. The van der Waals surface area contributed by atoms with Gasteiger partial charge in [0.25, 0.3) is 0 Å². The molecular formula is C11H11BrFNO2. The van der Waals surface area contributed by atoms with Gasteiger partial charge in [-0.15, -0.1) is 0 Å². The van der Waals surface area contributed by atoms with Crippen molar-refractivity contribution >= 4 is 22.0 Å². The van der Waals surface area contributed by atoms with Crippen LogP contribution in [-0.4, -0.2) is 22.6 Å². The van der Waals surface area contributed by atoms with Gasteiger partial charge >= 0.3 is 6.09 Å². The normalized spacial score (nSPS) is 14.8. The van der Waals surface area contributed by atoms with E-state index in [1.54, 1.807) is 0 Å². The van der Waals surface area contributed by atoms with Crippen molar-refractivity contribution in [2.45, 2.75) is 19.6 Å². The summed E-state index contributed by atoms with van der Waals surface area (Å²) < 4.78 is 13.3. The van der Waals surface area contributed by atoms with Crippen LogP contribution in [0.15, 0.2) is 16.6 Å². The first kappa shape index (κ1) is 11.4. The molecule has 0 saturated carbocycles. The molecule has 0 radical (unpaired) electrons. The zero-order chi connectivity index (χ0) is 11.7. The van der Waals surface area contributed by atoms with E-state index in [0.29, 0.717) is 29.5 Å². The number of amides is 1. The van der Waals surface area contributed by atoms with Gasteiger partial charge in [0.05, 0.1) is 0 Å². The zero-order valence-electron chi connectivity index (χ0n) is 8.54. The number of halogens is 2. The van der Waals surface area contributed by atoms with Crippen LogP contribution in [-0.2, 0) is 19.6 Å². The summed E-state index contributed by atoms with van der Waals surface area (Å²) >= 11 is 3.29. The van der Waals surface area contributed by atoms with Gasteiger partial charge in [0.1, 0.15) is 6.67 Å². The van der Waals surface area contributed by atoms with E-state index in [-0.39, 0.29) is 0 Å². The summed E-state index contributed by atoms with van der Waals surface area (Å²) in [7, 11) is 0. The second-order valence-corrected chi connectivity index (χ2v) is 4.65. The standard InChI is InChI=1S/C11H11BrFNO2/c12-10-4-9-6-14(11(15)16)2-1-7(9)3-8(10)5-13/h3-4H,1-2,5-6H2,(H,15,16). The molecule has 1 heterocycles. The molecule has 5 heteroatoms. The summed E-state index contributed by atoms with van der Waals surface area (Å²) in [6, 6.07) is 3.64. The molecule has 0 unspecified atom stereocenters. The van der Waals surface area contributed by atoms with Crippen LogP contribution >= 0.6 is 15.9 Å². The molecule has 1 aliphatic rings. The average Bonchev–Trinajstić information content (AvgIpc) is 2.27. The second kappa shape index (κ2) is 4.41. The Morgan fingerprint density at radius 3 is 2.88 bits per heavy atom. The van der Waals surface area contributed by atoms with Crippen molar-refractivity contribution in [3.8, 4) is 0 Å². The molecule has 0 aromatic heterocycles. The molecule has 2 rings (SSSR count). The highest BCUT2D eigenvalue weighted by molar-refractivity contribution is 9.10. The van der Waals surface area contributed by atoms with E-state index in [1.807, 2.05) is 12.1 Å². The first-order valence-corrected chi connectivity index (χ1v) is 5.75. The van der Waals surface area contributed by atoms with Gasteiger partial charge in [-0.1, -0.05) is 22.0 Å². The number of alkyl halides is 1. The topological polar surface area (TPSA) is 40.5 Å². The third kappa shape index (κ3) is 2.04. The monoisotopic (exact) mass is 287 g/mol. The highest BCUT2D eigenvalue weighted by Gasteiger charge is 2.20. The van der Waals surface area contributed by atoms with Crippen molar-refractivity contribution in [2.75, 3.05) is 6.54 Å². The number of hydrogen-bond acceptors (Lipinski definition) is 1. The maximum absolute atomic E-state index is 12.6. The Morgan fingerprint density at radius 2 is 2.25 bits per heavy atom. The van der Waals surface area contributed by atoms with Crippen molar-refractivity contribution in [2.24, 2.45) is 0 Å². The largest absolute Gasteiger partial charge is 0.465 e. The fourth-order valence-electron chi connectivity index (χ4n) is 1.90. The van der Waals surface area contributed by atoms with Crippen LogP contribution in [0.2, 0.25) is 0 Å². The fraction of sp³-hybridized carbons (Fsp3) is 0.364. The van der Waals surface area contributed by atoms with Crippen LogP contribution in [0, 0.1) is 0 Å². The van der Waals surface area contributed by atoms with Crippen LogP contribution in [0.5, 0.6) is 0 Å². The molecule has 0 saturated heterocycles. The molecule has 86 valence electrons. The van der Waals surface area contributed by atoms with Gasteiger partial charge in [-0.25, -0.2) is 9.18 Å². The van der Waals surface area contributed by atoms with Crippen LogP contribution in [0.25, 0.3) is 0 Å². The van der Waals surface area contributed by atoms with Crippen LogP contribution in [0.1, 0.15) is 16.7 Å². The Hall–Kier alpha value is -1.10. The second-order valence-electron chi connectivity index (χ2n) is 3.80. The lowest BCUT2D eigenvalue weighted by atomic mass is 9.98. The van der Waals surface area contributed by atoms with Crippen molar-refractivity contribution in [1.29, 1.82) is 0 Å². The van der Waals surface area contributed by atoms with E-state index in [0.717, 1.165) is 11.1 Å². The number of fused-ring (bicyclic) bond motifs is 1. The van der Waals surface area contributed by atoms with E-state index in [1.165, 1.54) is 4.90 Å². The van der Waals surface area contributed by atoms with E-state index < -0.39 is 12.8 Å². The van der Waals surface area contributed by atoms with Crippen molar-refractivity contribution in [1.82, 2.24) is 4.90 Å². The minimum atomic E-state index is -0.906. The molecule has 1 aromatic carbocycles. The van der Waals surface area contributed by atoms with Gasteiger partial charge in [0, 0.05) is 17.6 Å². The van der Waals surface area contributed by atoms with Gasteiger partial charge in [-0.05, 0) is 29.2 Å². The fourth-order valence-corrected chi connectivity index (χ4v) is 2.39. The first-order valence-electron chi connectivity index (χ1n) is 4.96. The van der Waals surface area contributed by atoms with Gasteiger partial charge in [-0.3, -0.25) is 0 Å². The Balaban J connectivity index is 2.33. The summed E-state index contributed by atoms with van der Waals surface area (Å²) in [4.78, 5) is 12.2. The highest BCUT2D eigenvalue weighted by Crippen LogP contribution is 2.27. The lowest BCUT2D eigenvalue weighted by Gasteiger charge is -2.27. The van der Waals surface area contributed by atoms with E-state index >= 15 is 0 Å². The summed E-state index contributed by atoms with van der Waals surface area (Å²) in [5.74, 6) is 0. The lowest BCUT2D eigenvalue weighted by molar-refractivity contribution is 0.140. The molecule has 3 nitrogen and oxygen atoms in total. The summed E-state index contributed by atoms with van der Waals surface area (Å²) in [5.41, 5.74) is 2.63. The lowest BCUT2D eigenvalue weighted by Crippen LogP contribution is -2.34. The average molecular weight is 288 g/mol.